The lowest BCUT2D eigenvalue weighted by Crippen LogP contribution is -2.37. The monoisotopic (exact) mass is 276 g/mol. The number of benzene rings is 1. The summed E-state index contributed by atoms with van der Waals surface area (Å²) in [4.78, 5) is 23.4. The molecule has 2 rings (SSSR count). The van der Waals surface area contributed by atoms with Crippen molar-refractivity contribution in [1.29, 1.82) is 0 Å². The average Bonchev–Trinajstić information content (AvgIpc) is 3.23. The van der Waals surface area contributed by atoms with Gasteiger partial charge in [-0.3, -0.25) is 4.79 Å². The first kappa shape index (κ1) is 14.4. The second-order valence-electron chi connectivity index (χ2n) is 5.34. The van der Waals surface area contributed by atoms with E-state index in [4.69, 9.17) is 10.5 Å². The van der Waals surface area contributed by atoms with Gasteiger partial charge in [-0.15, -0.1) is 0 Å². The fourth-order valence-corrected chi connectivity index (χ4v) is 1.99. The average molecular weight is 276 g/mol. The number of rotatable bonds is 5. The standard InChI is InChI=1S/C15H20N2O3/c1-9-3-4-12(7-13(9)16)15(19)20-8-14(18)17-10(2)11-5-6-11/h3-4,7,10-11H,5-6,8,16H2,1-2H3,(H,17,18)/t10-/m0/s1. The van der Waals surface area contributed by atoms with Crippen LogP contribution in [0.1, 0.15) is 35.7 Å². The van der Waals surface area contributed by atoms with Crippen LogP contribution >= 0.6 is 0 Å². The van der Waals surface area contributed by atoms with Gasteiger partial charge in [-0.1, -0.05) is 6.07 Å². The molecule has 0 bridgehead atoms. The van der Waals surface area contributed by atoms with Gasteiger partial charge >= 0.3 is 5.97 Å². The fraction of sp³-hybridized carbons (Fsp3) is 0.467. The van der Waals surface area contributed by atoms with Gasteiger partial charge in [-0.2, -0.15) is 0 Å². The summed E-state index contributed by atoms with van der Waals surface area (Å²) in [6, 6.07) is 5.10. The number of anilines is 1. The number of nitrogens with two attached hydrogens (primary N) is 1. The summed E-state index contributed by atoms with van der Waals surface area (Å²) in [6.45, 7) is 3.57. The summed E-state index contributed by atoms with van der Waals surface area (Å²) in [6.07, 6.45) is 2.31. The molecule has 0 heterocycles. The second-order valence-corrected chi connectivity index (χ2v) is 5.34. The molecule has 1 aliphatic carbocycles. The molecule has 0 unspecified atom stereocenters. The summed E-state index contributed by atoms with van der Waals surface area (Å²) in [7, 11) is 0. The Morgan fingerprint density at radius 3 is 2.75 bits per heavy atom. The molecule has 0 spiro atoms. The van der Waals surface area contributed by atoms with E-state index in [2.05, 4.69) is 5.32 Å². The zero-order valence-electron chi connectivity index (χ0n) is 11.8. The van der Waals surface area contributed by atoms with Crippen molar-refractivity contribution < 1.29 is 14.3 Å². The minimum Gasteiger partial charge on any atom is -0.452 e. The summed E-state index contributed by atoms with van der Waals surface area (Å²) >= 11 is 0. The molecule has 0 aliphatic heterocycles. The summed E-state index contributed by atoms with van der Waals surface area (Å²) < 4.78 is 4.98. The molecule has 1 amide bonds. The fourth-order valence-electron chi connectivity index (χ4n) is 1.99. The second kappa shape index (κ2) is 5.94. The van der Waals surface area contributed by atoms with Crippen LogP contribution in [0, 0.1) is 12.8 Å². The van der Waals surface area contributed by atoms with E-state index in [9.17, 15) is 9.59 Å². The van der Waals surface area contributed by atoms with Crippen LogP contribution < -0.4 is 11.1 Å². The number of amides is 1. The molecule has 5 nitrogen and oxygen atoms in total. The summed E-state index contributed by atoms with van der Waals surface area (Å²) in [5.74, 6) is -0.227. The Hall–Kier alpha value is -2.04. The molecular formula is C15H20N2O3. The third-order valence-electron chi connectivity index (χ3n) is 3.57. The van der Waals surface area contributed by atoms with Crippen LogP contribution in [0.25, 0.3) is 0 Å². The van der Waals surface area contributed by atoms with Crippen molar-refractivity contribution in [2.45, 2.75) is 32.7 Å². The minimum atomic E-state index is -0.536. The van der Waals surface area contributed by atoms with Crippen LogP contribution in [0.3, 0.4) is 0 Å². The van der Waals surface area contributed by atoms with Gasteiger partial charge in [0.2, 0.25) is 0 Å². The van der Waals surface area contributed by atoms with Gasteiger partial charge in [0.05, 0.1) is 5.56 Å². The smallest absolute Gasteiger partial charge is 0.338 e. The first-order valence-corrected chi connectivity index (χ1v) is 6.80. The quantitative estimate of drug-likeness (QED) is 0.633. The highest BCUT2D eigenvalue weighted by Gasteiger charge is 2.28. The highest BCUT2D eigenvalue weighted by Crippen LogP contribution is 2.32. The number of carbonyl (C=O) groups is 2. The van der Waals surface area contributed by atoms with Crippen LogP contribution in [-0.4, -0.2) is 24.5 Å². The zero-order chi connectivity index (χ0) is 14.7. The van der Waals surface area contributed by atoms with Gasteiger partial charge in [-0.25, -0.2) is 4.79 Å². The van der Waals surface area contributed by atoms with E-state index >= 15 is 0 Å². The Bertz CT molecular complexity index is 524. The molecule has 108 valence electrons. The van der Waals surface area contributed by atoms with Crippen LogP contribution in [0.15, 0.2) is 18.2 Å². The number of hydrogen-bond donors (Lipinski definition) is 2. The molecule has 1 aliphatic rings. The maximum absolute atomic E-state index is 11.8. The topological polar surface area (TPSA) is 81.4 Å². The van der Waals surface area contributed by atoms with Crippen molar-refractivity contribution in [2.75, 3.05) is 12.3 Å². The van der Waals surface area contributed by atoms with Crippen molar-refractivity contribution in [3.05, 3.63) is 29.3 Å². The molecule has 1 aromatic rings. The first-order chi connectivity index (χ1) is 9.47. The van der Waals surface area contributed by atoms with Gasteiger partial charge in [0.25, 0.3) is 5.91 Å². The Balaban J connectivity index is 1.81. The lowest BCUT2D eigenvalue weighted by atomic mass is 10.1. The van der Waals surface area contributed by atoms with E-state index in [-0.39, 0.29) is 18.6 Å². The molecule has 0 aromatic heterocycles. The molecule has 1 saturated carbocycles. The van der Waals surface area contributed by atoms with Gasteiger partial charge in [0.1, 0.15) is 0 Å². The number of nitrogen functional groups attached to an aromatic ring is 1. The summed E-state index contributed by atoms with van der Waals surface area (Å²) in [5, 5.41) is 2.83. The largest absolute Gasteiger partial charge is 0.452 e. The lowest BCUT2D eigenvalue weighted by Gasteiger charge is -2.12. The Morgan fingerprint density at radius 2 is 2.15 bits per heavy atom. The number of ether oxygens (including phenoxy) is 1. The van der Waals surface area contributed by atoms with Gasteiger partial charge in [0.15, 0.2) is 6.61 Å². The van der Waals surface area contributed by atoms with Crippen LogP contribution in [0.2, 0.25) is 0 Å². The van der Waals surface area contributed by atoms with Crippen LogP contribution in [0.4, 0.5) is 5.69 Å². The van der Waals surface area contributed by atoms with E-state index in [1.165, 1.54) is 0 Å². The first-order valence-electron chi connectivity index (χ1n) is 6.80. The highest BCUT2D eigenvalue weighted by molar-refractivity contribution is 5.92. The molecule has 0 saturated heterocycles. The molecule has 20 heavy (non-hydrogen) atoms. The predicted molar refractivity (Wildman–Crippen MR) is 76.2 cm³/mol. The van der Waals surface area contributed by atoms with Gasteiger partial charge in [0, 0.05) is 11.7 Å². The molecular weight excluding hydrogens is 256 g/mol. The zero-order valence-corrected chi connectivity index (χ0v) is 11.8. The molecule has 1 aromatic carbocycles. The van der Waals surface area contributed by atoms with Crippen LogP contribution in [-0.2, 0) is 9.53 Å². The molecule has 3 N–H and O–H groups in total. The van der Waals surface area contributed by atoms with Gasteiger partial charge in [-0.05, 0) is 50.3 Å². The molecule has 5 heteroatoms. The number of nitrogens with one attached hydrogen (secondary N) is 1. The Labute approximate surface area is 118 Å². The van der Waals surface area contributed by atoms with Crippen molar-refractivity contribution in [1.82, 2.24) is 5.32 Å². The van der Waals surface area contributed by atoms with Crippen molar-refractivity contribution >= 4 is 17.6 Å². The van der Waals surface area contributed by atoms with E-state index < -0.39 is 5.97 Å². The molecule has 1 fully saturated rings. The maximum atomic E-state index is 11.8. The molecule has 1 atom stereocenters. The number of carbonyl (C=O) groups excluding carboxylic acids is 2. The SMILES string of the molecule is Cc1ccc(C(=O)OCC(=O)N[C@@H](C)C2CC2)cc1N. The lowest BCUT2D eigenvalue weighted by molar-refractivity contribution is -0.124. The van der Waals surface area contributed by atoms with E-state index in [0.717, 1.165) is 18.4 Å². The van der Waals surface area contributed by atoms with Crippen molar-refractivity contribution in [2.24, 2.45) is 5.92 Å². The van der Waals surface area contributed by atoms with Crippen molar-refractivity contribution in [3.8, 4) is 0 Å². The summed E-state index contributed by atoms with van der Waals surface area (Å²) in [5.41, 5.74) is 7.53. The third-order valence-corrected chi connectivity index (χ3v) is 3.57. The van der Waals surface area contributed by atoms with E-state index in [0.29, 0.717) is 17.2 Å². The number of hydrogen-bond acceptors (Lipinski definition) is 4. The van der Waals surface area contributed by atoms with Crippen molar-refractivity contribution in [3.63, 3.8) is 0 Å². The molecule has 0 radical (unpaired) electrons. The van der Waals surface area contributed by atoms with Crippen LogP contribution in [0.5, 0.6) is 0 Å². The van der Waals surface area contributed by atoms with E-state index in [1.54, 1.807) is 18.2 Å². The van der Waals surface area contributed by atoms with Gasteiger partial charge < -0.3 is 15.8 Å². The predicted octanol–water partition coefficient (Wildman–Crippen LogP) is 1.65. The third kappa shape index (κ3) is 3.73. The number of aryl methyl sites for hydroxylation is 1. The number of esters is 1. The highest BCUT2D eigenvalue weighted by atomic mass is 16.5. The van der Waals surface area contributed by atoms with E-state index in [1.807, 2.05) is 13.8 Å². The normalized spacial score (nSPS) is 15.5. The Kier molecular flexibility index (Phi) is 4.27. The Morgan fingerprint density at radius 1 is 1.45 bits per heavy atom. The maximum Gasteiger partial charge on any atom is 0.338 e. The minimum absolute atomic E-state index is 0.149.